The largest absolute Gasteiger partial charge is 0.327 e. The number of fused-ring (bicyclic) bond motifs is 1. The molecule has 2 aliphatic rings. The van der Waals surface area contributed by atoms with E-state index in [0.717, 1.165) is 11.8 Å². The van der Waals surface area contributed by atoms with E-state index in [1.807, 2.05) is 11.3 Å². The monoisotopic (exact) mass is 264 g/mol. The van der Waals surface area contributed by atoms with Gasteiger partial charge in [0.25, 0.3) is 0 Å². The van der Waals surface area contributed by atoms with Crippen LogP contribution >= 0.6 is 11.3 Å². The Balaban J connectivity index is 1.71. The van der Waals surface area contributed by atoms with Crippen molar-refractivity contribution in [1.82, 2.24) is 4.90 Å². The van der Waals surface area contributed by atoms with E-state index in [4.69, 9.17) is 5.73 Å². The fourth-order valence-corrected chi connectivity index (χ4v) is 4.69. The minimum atomic E-state index is 0.450. The van der Waals surface area contributed by atoms with Gasteiger partial charge in [-0.1, -0.05) is 6.42 Å². The van der Waals surface area contributed by atoms with Crippen LogP contribution in [0.15, 0.2) is 12.1 Å². The third kappa shape index (κ3) is 2.24. The summed E-state index contributed by atoms with van der Waals surface area (Å²) < 4.78 is 0. The maximum atomic E-state index is 6.30. The summed E-state index contributed by atoms with van der Waals surface area (Å²) in [5, 5.41) is 0. The lowest BCUT2D eigenvalue weighted by Gasteiger charge is -2.30. The van der Waals surface area contributed by atoms with Crippen LogP contribution in [0.4, 0.5) is 0 Å². The van der Waals surface area contributed by atoms with E-state index in [0.29, 0.717) is 12.1 Å². The van der Waals surface area contributed by atoms with Gasteiger partial charge in [0.2, 0.25) is 0 Å². The standard InChI is InChI=1S/C15H24N2S/c1-10-6-7-15(18-10)11(2)17-8-12-4-3-5-14(16)13(12)9-17/h6-7,11-14H,3-5,8-9,16H2,1-2H3. The van der Waals surface area contributed by atoms with E-state index in [2.05, 4.69) is 30.9 Å². The molecule has 1 aromatic rings. The Morgan fingerprint density at radius 2 is 2.17 bits per heavy atom. The Morgan fingerprint density at radius 3 is 2.83 bits per heavy atom. The quantitative estimate of drug-likeness (QED) is 0.889. The second kappa shape index (κ2) is 4.95. The molecule has 1 aromatic heterocycles. The number of nitrogens with zero attached hydrogens (tertiary/aromatic N) is 1. The molecule has 4 unspecified atom stereocenters. The number of nitrogens with two attached hydrogens (primary N) is 1. The topological polar surface area (TPSA) is 29.3 Å². The van der Waals surface area contributed by atoms with Gasteiger partial charge in [-0.05, 0) is 50.7 Å². The molecule has 0 spiro atoms. The van der Waals surface area contributed by atoms with Gasteiger partial charge in [0.05, 0.1) is 0 Å². The molecular weight excluding hydrogens is 240 g/mol. The molecule has 0 aromatic carbocycles. The van der Waals surface area contributed by atoms with Gasteiger partial charge in [-0.15, -0.1) is 11.3 Å². The van der Waals surface area contributed by atoms with Gasteiger partial charge in [-0.2, -0.15) is 0 Å². The lowest BCUT2D eigenvalue weighted by Crippen LogP contribution is -2.38. The van der Waals surface area contributed by atoms with Crippen molar-refractivity contribution >= 4 is 11.3 Å². The zero-order chi connectivity index (χ0) is 12.7. The van der Waals surface area contributed by atoms with Crippen LogP contribution in [0, 0.1) is 18.8 Å². The highest BCUT2D eigenvalue weighted by atomic mass is 32.1. The summed E-state index contributed by atoms with van der Waals surface area (Å²) in [5.41, 5.74) is 6.30. The number of hydrogen-bond donors (Lipinski definition) is 1. The summed E-state index contributed by atoms with van der Waals surface area (Å²) in [5.74, 6) is 1.61. The van der Waals surface area contributed by atoms with E-state index in [1.165, 1.54) is 42.1 Å². The Morgan fingerprint density at radius 1 is 1.33 bits per heavy atom. The first-order valence-electron chi connectivity index (χ1n) is 7.21. The van der Waals surface area contributed by atoms with Gasteiger partial charge in [-0.25, -0.2) is 0 Å². The lowest BCUT2D eigenvalue weighted by molar-refractivity contribution is 0.247. The smallest absolute Gasteiger partial charge is 0.0413 e. The Bertz CT molecular complexity index is 414. The lowest BCUT2D eigenvalue weighted by atomic mass is 9.78. The predicted molar refractivity (Wildman–Crippen MR) is 77.9 cm³/mol. The van der Waals surface area contributed by atoms with Gasteiger partial charge in [0, 0.05) is 34.9 Å². The molecule has 3 heteroatoms. The molecule has 2 N–H and O–H groups in total. The summed E-state index contributed by atoms with van der Waals surface area (Å²) in [6, 6.07) is 5.56. The summed E-state index contributed by atoms with van der Waals surface area (Å²) in [6.07, 6.45) is 3.97. The molecule has 0 radical (unpaired) electrons. The molecule has 18 heavy (non-hydrogen) atoms. The van der Waals surface area contributed by atoms with Crippen molar-refractivity contribution in [2.45, 2.75) is 45.2 Å². The highest BCUT2D eigenvalue weighted by Gasteiger charge is 2.40. The van der Waals surface area contributed by atoms with Crippen LogP contribution < -0.4 is 5.73 Å². The van der Waals surface area contributed by atoms with Crippen molar-refractivity contribution < 1.29 is 0 Å². The summed E-state index contributed by atoms with van der Waals surface area (Å²) >= 11 is 1.94. The first-order chi connectivity index (χ1) is 8.65. The Kier molecular flexibility index (Phi) is 3.48. The molecule has 3 rings (SSSR count). The molecule has 0 bridgehead atoms. The average molecular weight is 264 g/mol. The molecule has 1 aliphatic carbocycles. The van der Waals surface area contributed by atoms with Crippen LogP contribution in [0.1, 0.15) is 42.0 Å². The zero-order valence-corrected chi connectivity index (χ0v) is 12.2. The Hall–Kier alpha value is -0.380. The van der Waals surface area contributed by atoms with Crippen LogP contribution in [-0.4, -0.2) is 24.0 Å². The summed E-state index contributed by atoms with van der Waals surface area (Å²) in [4.78, 5) is 5.59. The van der Waals surface area contributed by atoms with Crippen molar-refractivity contribution in [3.8, 4) is 0 Å². The molecule has 0 amide bonds. The number of rotatable bonds is 2. The van der Waals surface area contributed by atoms with Crippen LogP contribution in [-0.2, 0) is 0 Å². The third-order valence-corrected chi connectivity index (χ3v) is 6.07. The van der Waals surface area contributed by atoms with Crippen LogP contribution in [0.5, 0.6) is 0 Å². The number of thiophene rings is 1. The van der Waals surface area contributed by atoms with Gasteiger partial charge in [0.15, 0.2) is 0 Å². The van der Waals surface area contributed by atoms with Crippen LogP contribution in [0.2, 0.25) is 0 Å². The van der Waals surface area contributed by atoms with Gasteiger partial charge in [0.1, 0.15) is 0 Å². The van der Waals surface area contributed by atoms with E-state index in [-0.39, 0.29) is 0 Å². The number of likely N-dealkylation sites (tertiary alicyclic amines) is 1. The molecule has 2 heterocycles. The fourth-order valence-electron chi connectivity index (χ4n) is 3.73. The molecule has 2 fully saturated rings. The SMILES string of the molecule is Cc1ccc(C(C)N2CC3CCCC(N)C3C2)s1. The van der Waals surface area contributed by atoms with Gasteiger partial charge < -0.3 is 5.73 Å². The van der Waals surface area contributed by atoms with E-state index < -0.39 is 0 Å². The molecular formula is C15H24N2S. The second-order valence-corrected chi connectivity index (χ2v) is 7.42. The van der Waals surface area contributed by atoms with Crippen molar-refractivity contribution in [3.05, 3.63) is 21.9 Å². The molecule has 1 saturated heterocycles. The van der Waals surface area contributed by atoms with Crippen LogP contribution in [0.3, 0.4) is 0 Å². The average Bonchev–Trinajstić information content (AvgIpc) is 2.95. The van der Waals surface area contributed by atoms with E-state index in [9.17, 15) is 0 Å². The maximum absolute atomic E-state index is 6.30. The number of aryl methyl sites for hydroxylation is 1. The normalized spacial score (nSPS) is 34.5. The van der Waals surface area contributed by atoms with Crippen molar-refractivity contribution in [2.75, 3.05) is 13.1 Å². The highest BCUT2D eigenvalue weighted by Crippen LogP contribution is 2.39. The van der Waals surface area contributed by atoms with E-state index in [1.54, 1.807) is 0 Å². The molecule has 2 nitrogen and oxygen atoms in total. The summed E-state index contributed by atoms with van der Waals surface area (Å²) in [7, 11) is 0. The van der Waals surface area contributed by atoms with Crippen molar-refractivity contribution in [2.24, 2.45) is 17.6 Å². The minimum absolute atomic E-state index is 0.450. The first-order valence-corrected chi connectivity index (χ1v) is 8.03. The molecule has 1 saturated carbocycles. The third-order valence-electron chi connectivity index (χ3n) is 4.90. The van der Waals surface area contributed by atoms with Crippen molar-refractivity contribution in [1.29, 1.82) is 0 Å². The second-order valence-electron chi connectivity index (χ2n) is 6.10. The highest BCUT2D eigenvalue weighted by molar-refractivity contribution is 7.12. The van der Waals surface area contributed by atoms with E-state index >= 15 is 0 Å². The maximum Gasteiger partial charge on any atom is 0.0413 e. The number of hydrogen-bond acceptors (Lipinski definition) is 3. The molecule has 100 valence electrons. The van der Waals surface area contributed by atoms with Gasteiger partial charge >= 0.3 is 0 Å². The zero-order valence-electron chi connectivity index (χ0n) is 11.4. The Labute approximate surface area is 114 Å². The summed E-state index contributed by atoms with van der Waals surface area (Å²) in [6.45, 7) is 7.02. The predicted octanol–water partition coefficient (Wildman–Crippen LogP) is 3.18. The van der Waals surface area contributed by atoms with Gasteiger partial charge in [-0.3, -0.25) is 4.90 Å². The fraction of sp³-hybridized carbons (Fsp3) is 0.733. The van der Waals surface area contributed by atoms with Crippen LogP contribution in [0.25, 0.3) is 0 Å². The van der Waals surface area contributed by atoms with Crippen molar-refractivity contribution in [3.63, 3.8) is 0 Å². The minimum Gasteiger partial charge on any atom is -0.327 e. The molecule has 4 atom stereocenters. The molecule has 1 aliphatic heterocycles. The first kappa shape index (κ1) is 12.6.